The molecule has 1 saturated carbocycles. The molecule has 1 amide bonds. The van der Waals surface area contributed by atoms with Gasteiger partial charge in [-0.15, -0.1) is 0 Å². The van der Waals surface area contributed by atoms with Crippen molar-refractivity contribution in [3.05, 3.63) is 43.7 Å². The van der Waals surface area contributed by atoms with Crippen molar-refractivity contribution in [2.45, 2.75) is 44.2 Å². The summed E-state index contributed by atoms with van der Waals surface area (Å²) in [5.41, 5.74) is 3.17. The van der Waals surface area contributed by atoms with Gasteiger partial charge in [0.2, 0.25) is 5.78 Å². The SMILES string of the molecule is CCCCOc1ccc(I)c2c1C(O)=C1C(=O)[C@]3(O)C(O)=C(C(N)=O)C(=O)[C@@H](N(C)C)[C@@H]3C[C@@H]1C2. The maximum absolute atomic E-state index is 13.9. The molecular formula is C25H29IN2O7. The van der Waals surface area contributed by atoms with Gasteiger partial charge in [0, 0.05) is 15.1 Å². The average molecular weight is 596 g/mol. The Bertz CT molecular complexity index is 1190. The quantitative estimate of drug-likeness (QED) is 0.222. The second-order valence-electron chi connectivity index (χ2n) is 9.56. The van der Waals surface area contributed by atoms with Gasteiger partial charge < -0.3 is 25.8 Å². The van der Waals surface area contributed by atoms with Gasteiger partial charge in [-0.05, 0) is 79.6 Å². The van der Waals surface area contributed by atoms with Crippen LogP contribution in [0.2, 0.25) is 0 Å². The van der Waals surface area contributed by atoms with Crippen LogP contribution >= 0.6 is 22.6 Å². The molecule has 1 fully saturated rings. The summed E-state index contributed by atoms with van der Waals surface area (Å²) in [6.07, 6.45) is 2.25. The van der Waals surface area contributed by atoms with E-state index < -0.39 is 52.3 Å². The number of hydrogen-bond donors (Lipinski definition) is 4. The summed E-state index contributed by atoms with van der Waals surface area (Å²) in [6, 6.07) is 2.57. The van der Waals surface area contributed by atoms with Crippen molar-refractivity contribution in [3.63, 3.8) is 0 Å². The van der Waals surface area contributed by atoms with Crippen LogP contribution < -0.4 is 10.5 Å². The van der Waals surface area contributed by atoms with Gasteiger partial charge in [0.05, 0.1) is 18.2 Å². The van der Waals surface area contributed by atoms with Crippen LogP contribution in [0.15, 0.2) is 29.0 Å². The van der Waals surface area contributed by atoms with Gasteiger partial charge in [-0.2, -0.15) is 0 Å². The molecular weight excluding hydrogens is 567 g/mol. The number of amides is 1. The summed E-state index contributed by atoms with van der Waals surface area (Å²) >= 11 is 2.17. The number of unbranched alkanes of at least 4 members (excludes halogenated alkanes) is 1. The number of nitrogens with zero attached hydrogens (tertiary/aromatic N) is 1. The van der Waals surface area contributed by atoms with Crippen molar-refractivity contribution in [1.82, 2.24) is 4.90 Å². The van der Waals surface area contributed by atoms with Crippen molar-refractivity contribution in [3.8, 4) is 5.75 Å². The largest absolute Gasteiger partial charge is 0.508 e. The molecule has 9 nitrogen and oxygen atoms in total. The van der Waals surface area contributed by atoms with Gasteiger partial charge in [-0.3, -0.25) is 19.3 Å². The van der Waals surface area contributed by atoms with Crippen LogP contribution in [0.1, 0.15) is 37.3 Å². The smallest absolute Gasteiger partial charge is 0.255 e. The lowest BCUT2D eigenvalue weighted by Gasteiger charge is -2.50. The minimum atomic E-state index is -2.57. The van der Waals surface area contributed by atoms with Gasteiger partial charge in [0.15, 0.2) is 11.4 Å². The van der Waals surface area contributed by atoms with Crippen molar-refractivity contribution < 1.29 is 34.4 Å². The maximum atomic E-state index is 13.9. The zero-order valence-corrected chi connectivity index (χ0v) is 22.0. The third-order valence-electron chi connectivity index (χ3n) is 7.29. The second kappa shape index (κ2) is 9.21. The molecule has 4 atom stereocenters. The standard InChI is InChI=1S/C25H29IN2O7/c1-4-5-8-35-15-7-6-14(26)12-9-11-10-13-19(28(2)3)21(30)18(24(27)33)23(32)25(13,34)22(31)16(11)20(29)17(12)15/h6-7,11,13,19,29,32,34H,4-5,8-10H2,1-3H3,(H2,27,33)/t11-,13-,19-,25-/m0/s1. The predicted octanol–water partition coefficient (Wildman–Crippen LogP) is 2.04. The number of fused-ring (bicyclic) bond motifs is 3. The number of ether oxygens (including phenoxy) is 1. The molecule has 10 heteroatoms. The van der Waals surface area contributed by atoms with E-state index in [1.807, 2.05) is 13.0 Å². The number of ketones is 2. The van der Waals surface area contributed by atoms with Gasteiger partial charge in [0.1, 0.15) is 22.8 Å². The van der Waals surface area contributed by atoms with Gasteiger partial charge >= 0.3 is 0 Å². The zero-order valence-electron chi connectivity index (χ0n) is 19.8. The van der Waals surface area contributed by atoms with Gasteiger partial charge in [-0.25, -0.2) is 0 Å². The minimum absolute atomic E-state index is 0.0409. The lowest BCUT2D eigenvalue weighted by molar-refractivity contribution is -0.153. The van der Waals surface area contributed by atoms with Crippen LogP contribution in [0.3, 0.4) is 0 Å². The molecule has 35 heavy (non-hydrogen) atoms. The first-order chi connectivity index (χ1) is 16.5. The van der Waals surface area contributed by atoms with E-state index in [2.05, 4.69) is 22.6 Å². The van der Waals surface area contributed by atoms with Crippen LogP contribution in [0.25, 0.3) is 5.76 Å². The average Bonchev–Trinajstić information content (AvgIpc) is 2.77. The maximum Gasteiger partial charge on any atom is 0.255 e. The number of Topliss-reactive ketones (excluding diaryl/α,β-unsaturated/α-hetero) is 2. The predicted molar refractivity (Wildman–Crippen MR) is 136 cm³/mol. The summed E-state index contributed by atoms with van der Waals surface area (Å²) in [5.74, 6) is -5.37. The highest BCUT2D eigenvalue weighted by atomic mass is 127. The molecule has 188 valence electrons. The minimum Gasteiger partial charge on any atom is -0.508 e. The summed E-state index contributed by atoms with van der Waals surface area (Å²) in [4.78, 5) is 40.5. The van der Waals surface area contributed by atoms with Gasteiger partial charge in [-0.1, -0.05) is 13.3 Å². The number of halogens is 1. The van der Waals surface area contributed by atoms with E-state index in [1.165, 1.54) is 4.90 Å². The molecule has 0 spiro atoms. The molecule has 0 unspecified atom stereocenters. The first-order valence-corrected chi connectivity index (χ1v) is 12.6. The van der Waals surface area contributed by atoms with Crippen LogP contribution in [0, 0.1) is 15.4 Å². The molecule has 3 aliphatic carbocycles. The zero-order chi connectivity index (χ0) is 25.8. The Balaban J connectivity index is 1.92. The number of likely N-dealkylation sites (N-methyl/N-ethyl adjacent to an activating group) is 1. The van der Waals surface area contributed by atoms with Crippen molar-refractivity contribution >= 4 is 45.8 Å². The lowest BCUT2D eigenvalue weighted by Crippen LogP contribution is -2.65. The summed E-state index contributed by atoms with van der Waals surface area (Å²) < 4.78 is 6.80. The Hall–Kier alpha value is -2.44. The molecule has 4 rings (SSSR count). The molecule has 0 radical (unpaired) electrons. The number of nitrogens with two attached hydrogens (primary N) is 1. The fourth-order valence-electron chi connectivity index (χ4n) is 5.64. The number of aliphatic hydroxyl groups is 3. The number of hydrogen-bond acceptors (Lipinski definition) is 8. The number of rotatable bonds is 6. The summed E-state index contributed by atoms with van der Waals surface area (Å²) in [7, 11) is 3.19. The summed E-state index contributed by atoms with van der Waals surface area (Å²) in [6.45, 7) is 2.47. The molecule has 0 aliphatic heterocycles. The normalized spacial score (nSPS) is 28.1. The van der Waals surface area contributed by atoms with Gasteiger partial charge in [0.25, 0.3) is 5.91 Å². The monoisotopic (exact) mass is 596 g/mol. The Morgan fingerprint density at radius 2 is 1.97 bits per heavy atom. The van der Waals surface area contributed by atoms with Crippen LogP contribution in [-0.2, 0) is 20.8 Å². The van der Waals surface area contributed by atoms with Crippen LogP contribution in [0.4, 0.5) is 0 Å². The Kier molecular flexibility index (Phi) is 6.75. The van der Waals surface area contributed by atoms with Crippen molar-refractivity contribution in [2.75, 3.05) is 20.7 Å². The van der Waals surface area contributed by atoms with E-state index in [1.54, 1.807) is 20.2 Å². The molecule has 1 aromatic carbocycles. The molecule has 0 bridgehead atoms. The van der Waals surface area contributed by atoms with Crippen LogP contribution in [-0.4, -0.2) is 70.0 Å². The Morgan fingerprint density at radius 1 is 1.29 bits per heavy atom. The number of carbonyl (C=O) groups excluding carboxylic acids is 3. The highest BCUT2D eigenvalue weighted by molar-refractivity contribution is 14.1. The first kappa shape index (κ1) is 25.6. The van der Waals surface area contributed by atoms with E-state index in [0.717, 1.165) is 22.0 Å². The first-order valence-electron chi connectivity index (χ1n) is 11.6. The lowest BCUT2D eigenvalue weighted by atomic mass is 9.57. The highest BCUT2D eigenvalue weighted by Gasteiger charge is 2.64. The topological polar surface area (TPSA) is 150 Å². The number of primary amides is 1. The van der Waals surface area contributed by atoms with E-state index in [9.17, 15) is 29.7 Å². The fourth-order valence-corrected chi connectivity index (χ4v) is 6.31. The molecule has 5 N–H and O–H groups in total. The second-order valence-corrected chi connectivity index (χ2v) is 10.7. The number of carbonyl (C=O) groups is 3. The molecule has 0 saturated heterocycles. The molecule has 0 heterocycles. The number of aliphatic hydroxyl groups excluding tert-OH is 2. The Morgan fingerprint density at radius 3 is 2.57 bits per heavy atom. The van der Waals surface area contributed by atoms with E-state index >= 15 is 0 Å². The molecule has 0 aromatic heterocycles. The van der Waals surface area contributed by atoms with E-state index in [0.29, 0.717) is 24.3 Å². The number of benzene rings is 1. The van der Waals surface area contributed by atoms with Crippen molar-refractivity contribution in [2.24, 2.45) is 17.6 Å². The molecule has 3 aliphatic rings. The summed E-state index contributed by atoms with van der Waals surface area (Å²) in [5, 5.41) is 33.9. The highest BCUT2D eigenvalue weighted by Crippen LogP contribution is 2.53. The third-order valence-corrected chi connectivity index (χ3v) is 8.30. The third kappa shape index (κ3) is 3.77. The van der Waals surface area contributed by atoms with Crippen molar-refractivity contribution in [1.29, 1.82) is 0 Å². The fraction of sp³-hybridized carbons (Fsp3) is 0.480. The van der Waals surface area contributed by atoms with Crippen LogP contribution in [0.5, 0.6) is 5.75 Å². The van der Waals surface area contributed by atoms with E-state index in [-0.39, 0.29) is 17.8 Å². The Labute approximate surface area is 216 Å². The van der Waals surface area contributed by atoms with E-state index in [4.69, 9.17) is 10.5 Å². The molecule has 1 aromatic rings.